The van der Waals surface area contributed by atoms with E-state index in [1.807, 2.05) is 12.3 Å². The highest BCUT2D eigenvalue weighted by Crippen LogP contribution is 2.19. The number of anilines is 1. The summed E-state index contributed by atoms with van der Waals surface area (Å²) in [5, 5.41) is 4.80. The van der Waals surface area contributed by atoms with Crippen molar-refractivity contribution in [1.82, 2.24) is 5.32 Å². The fraction of sp³-hybridized carbons (Fsp3) is 0.545. The average Bonchev–Trinajstić information content (AvgIpc) is 2.63. The van der Waals surface area contributed by atoms with E-state index in [1.165, 1.54) is 11.3 Å². The molecule has 2 unspecified atom stereocenters. The number of amides is 1. The van der Waals surface area contributed by atoms with Crippen molar-refractivity contribution in [3.8, 4) is 0 Å². The number of carbonyl (C=O) groups excluding carboxylic acids is 1. The molecule has 84 valence electrons. The van der Waals surface area contributed by atoms with Crippen molar-refractivity contribution in [2.75, 3.05) is 5.73 Å². The molecule has 4 heteroatoms. The van der Waals surface area contributed by atoms with Gasteiger partial charge in [0.2, 0.25) is 0 Å². The highest BCUT2D eigenvalue weighted by atomic mass is 32.1. The largest absolute Gasteiger partial charge is 0.397 e. The molecule has 0 aromatic carbocycles. The molecule has 1 rings (SSSR count). The average molecular weight is 226 g/mol. The summed E-state index contributed by atoms with van der Waals surface area (Å²) in [5.41, 5.74) is 6.24. The fourth-order valence-corrected chi connectivity index (χ4v) is 1.99. The molecule has 0 aliphatic heterocycles. The zero-order valence-electron chi connectivity index (χ0n) is 9.41. The zero-order valence-corrected chi connectivity index (χ0v) is 10.2. The second-order valence-electron chi connectivity index (χ2n) is 3.85. The van der Waals surface area contributed by atoms with Gasteiger partial charge in [-0.1, -0.05) is 20.3 Å². The van der Waals surface area contributed by atoms with E-state index in [4.69, 9.17) is 5.73 Å². The van der Waals surface area contributed by atoms with Crippen LogP contribution in [-0.4, -0.2) is 11.9 Å². The molecule has 3 nitrogen and oxygen atoms in total. The van der Waals surface area contributed by atoms with Crippen LogP contribution in [0.5, 0.6) is 0 Å². The Morgan fingerprint density at radius 1 is 1.60 bits per heavy atom. The minimum Gasteiger partial charge on any atom is -0.397 e. The summed E-state index contributed by atoms with van der Waals surface area (Å²) < 4.78 is 0. The number of rotatable bonds is 4. The first-order chi connectivity index (χ1) is 7.06. The lowest BCUT2D eigenvalue weighted by atomic mass is 10.0. The van der Waals surface area contributed by atoms with Gasteiger partial charge < -0.3 is 11.1 Å². The first-order valence-electron chi connectivity index (χ1n) is 5.20. The van der Waals surface area contributed by atoms with Crippen molar-refractivity contribution in [3.63, 3.8) is 0 Å². The standard InChI is InChI=1S/C11H18N2OS/c1-4-7(2)8(3)13-11(14)10-9(12)5-6-15-10/h5-8H,4,12H2,1-3H3,(H,13,14). The predicted octanol–water partition coefficient (Wildman–Crippen LogP) is 2.49. The maximum atomic E-state index is 11.8. The minimum atomic E-state index is -0.0599. The third-order valence-corrected chi connectivity index (χ3v) is 3.69. The number of hydrogen-bond donors (Lipinski definition) is 2. The van der Waals surface area contributed by atoms with E-state index < -0.39 is 0 Å². The van der Waals surface area contributed by atoms with Gasteiger partial charge in [-0.15, -0.1) is 11.3 Å². The van der Waals surface area contributed by atoms with Crippen LogP contribution < -0.4 is 11.1 Å². The Labute approximate surface area is 94.7 Å². The quantitative estimate of drug-likeness (QED) is 0.828. The van der Waals surface area contributed by atoms with E-state index >= 15 is 0 Å². The second-order valence-corrected chi connectivity index (χ2v) is 4.77. The Morgan fingerprint density at radius 3 is 2.73 bits per heavy atom. The molecule has 0 bridgehead atoms. The number of hydrogen-bond acceptors (Lipinski definition) is 3. The molecule has 1 aromatic heterocycles. The molecule has 1 amide bonds. The monoisotopic (exact) mass is 226 g/mol. The van der Waals surface area contributed by atoms with Crippen molar-refractivity contribution < 1.29 is 4.79 Å². The number of thiophene rings is 1. The summed E-state index contributed by atoms with van der Waals surface area (Å²) in [6.45, 7) is 6.27. The van der Waals surface area contributed by atoms with Crippen LogP contribution in [0.2, 0.25) is 0 Å². The number of nitrogen functional groups attached to an aromatic ring is 1. The summed E-state index contributed by atoms with van der Waals surface area (Å²) in [6.07, 6.45) is 1.06. The molecule has 2 atom stereocenters. The molecular formula is C11H18N2OS. The molecule has 3 N–H and O–H groups in total. The summed E-state index contributed by atoms with van der Waals surface area (Å²) in [5.74, 6) is 0.422. The van der Waals surface area contributed by atoms with E-state index in [1.54, 1.807) is 6.07 Å². The van der Waals surface area contributed by atoms with Gasteiger partial charge in [-0.2, -0.15) is 0 Å². The first-order valence-corrected chi connectivity index (χ1v) is 6.08. The van der Waals surface area contributed by atoms with E-state index in [0.717, 1.165) is 6.42 Å². The molecule has 0 saturated heterocycles. The third-order valence-electron chi connectivity index (χ3n) is 2.76. The maximum absolute atomic E-state index is 11.8. The van der Waals surface area contributed by atoms with Crippen molar-refractivity contribution in [3.05, 3.63) is 16.3 Å². The predicted molar refractivity (Wildman–Crippen MR) is 65.1 cm³/mol. The van der Waals surface area contributed by atoms with Gasteiger partial charge in [0.15, 0.2) is 0 Å². The molecule has 15 heavy (non-hydrogen) atoms. The summed E-state index contributed by atoms with van der Waals surface area (Å²) >= 11 is 1.38. The zero-order chi connectivity index (χ0) is 11.4. The molecule has 0 fully saturated rings. The number of nitrogens with two attached hydrogens (primary N) is 1. The van der Waals surface area contributed by atoms with Crippen molar-refractivity contribution in [2.45, 2.75) is 33.2 Å². The molecular weight excluding hydrogens is 208 g/mol. The van der Waals surface area contributed by atoms with Gasteiger partial charge >= 0.3 is 0 Å². The lowest BCUT2D eigenvalue weighted by Crippen LogP contribution is -2.36. The normalized spacial score (nSPS) is 14.6. The highest BCUT2D eigenvalue weighted by molar-refractivity contribution is 7.12. The Morgan fingerprint density at radius 2 is 2.27 bits per heavy atom. The molecule has 0 aliphatic carbocycles. The van der Waals surface area contributed by atoms with Crippen LogP contribution in [0.1, 0.15) is 36.9 Å². The van der Waals surface area contributed by atoms with E-state index in [-0.39, 0.29) is 11.9 Å². The van der Waals surface area contributed by atoms with Gasteiger partial charge in [0.1, 0.15) is 4.88 Å². The number of carbonyl (C=O) groups is 1. The molecule has 1 aromatic rings. The Balaban J connectivity index is 2.60. The highest BCUT2D eigenvalue weighted by Gasteiger charge is 2.16. The van der Waals surface area contributed by atoms with Crippen molar-refractivity contribution >= 4 is 22.9 Å². The lowest BCUT2D eigenvalue weighted by molar-refractivity contribution is 0.0933. The topological polar surface area (TPSA) is 55.1 Å². The third kappa shape index (κ3) is 2.96. The van der Waals surface area contributed by atoms with Gasteiger partial charge in [-0.05, 0) is 24.3 Å². The maximum Gasteiger partial charge on any atom is 0.263 e. The van der Waals surface area contributed by atoms with Crippen LogP contribution in [0.3, 0.4) is 0 Å². The van der Waals surface area contributed by atoms with Gasteiger partial charge in [0.05, 0.1) is 5.69 Å². The Kier molecular flexibility index (Phi) is 4.15. The molecule has 1 heterocycles. The van der Waals surface area contributed by atoms with Crippen LogP contribution >= 0.6 is 11.3 Å². The molecule has 0 spiro atoms. The van der Waals surface area contributed by atoms with Crippen LogP contribution in [-0.2, 0) is 0 Å². The summed E-state index contributed by atoms with van der Waals surface area (Å²) in [4.78, 5) is 12.4. The summed E-state index contributed by atoms with van der Waals surface area (Å²) in [6, 6.07) is 1.94. The SMILES string of the molecule is CCC(C)C(C)NC(=O)c1sccc1N. The van der Waals surface area contributed by atoms with Gasteiger partial charge in [0.25, 0.3) is 5.91 Å². The number of nitrogens with one attached hydrogen (secondary N) is 1. The smallest absolute Gasteiger partial charge is 0.263 e. The van der Waals surface area contributed by atoms with E-state index in [9.17, 15) is 4.79 Å². The van der Waals surface area contributed by atoms with Gasteiger partial charge in [0, 0.05) is 6.04 Å². The van der Waals surface area contributed by atoms with Crippen LogP contribution in [0.4, 0.5) is 5.69 Å². The molecule has 0 saturated carbocycles. The summed E-state index contributed by atoms with van der Waals surface area (Å²) in [7, 11) is 0. The second kappa shape index (κ2) is 5.16. The molecule has 0 radical (unpaired) electrons. The van der Waals surface area contributed by atoms with Gasteiger partial charge in [-0.3, -0.25) is 4.79 Å². The van der Waals surface area contributed by atoms with Crippen LogP contribution in [0.25, 0.3) is 0 Å². The fourth-order valence-electron chi connectivity index (χ4n) is 1.27. The van der Waals surface area contributed by atoms with Crippen molar-refractivity contribution in [1.29, 1.82) is 0 Å². The Bertz CT molecular complexity index is 335. The molecule has 0 aliphatic rings. The van der Waals surface area contributed by atoms with Crippen molar-refractivity contribution in [2.24, 2.45) is 5.92 Å². The lowest BCUT2D eigenvalue weighted by Gasteiger charge is -2.19. The Hall–Kier alpha value is -1.03. The minimum absolute atomic E-state index is 0.0599. The first kappa shape index (κ1) is 12.0. The van der Waals surface area contributed by atoms with E-state index in [2.05, 4.69) is 19.2 Å². The van der Waals surface area contributed by atoms with Crippen LogP contribution in [0, 0.1) is 5.92 Å². The van der Waals surface area contributed by atoms with Crippen LogP contribution in [0.15, 0.2) is 11.4 Å². The van der Waals surface area contributed by atoms with Gasteiger partial charge in [-0.25, -0.2) is 0 Å². The van der Waals surface area contributed by atoms with E-state index in [0.29, 0.717) is 16.5 Å².